The molecule has 0 fully saturated rings. The molecule has 1 N–H and O–H groups in total. The molecule has 0 bridgehead atoms. The number of carbonyl (C=O) groups is 1. The Kier molecular flexibility index (Phi) is 4.54. The summed E-state index contributed by atoms with van der Waals surface area (Å²) in [6.45, 7) is 5.06. The van der Waals surface area contributed by atoms with Crippen molar-refractivity contribution in [3.8, 4) is 11.5 Å². The number of rotatable bonds is 4. The van der Waals surface area contributed by atoms with E-state index in [4.69, 9.17) is 9.47 Å². The van der Waals surface area contributed by atoms with Crippen LogP contribution in [0.2, 0.25) is 0 Å². The second-order valence-corrected chi connectivity index (χ2v) is 7.91. The van der Waals surface area contributed by atoms with Crippen LogP contribution >= 0.6 is 0 Å². The molecule has 31 heavy (non-hydrogen) atoms. The lowest BCUT2D eigenvalue weighted by molar-refractivity contribution is 0.0697. The summed E-state index contributed by atoms with van der Waals surface area (Å²) >= 11 is 0. The minimum absolute atomic E-state index is 0.108. The molecule has 7 heteroatoms. The van der Waals surface area contributed by atoms with Crippen LogP contribution in [-0.4, -0.2) is 33.3 Å². The molecule has 7 nitrogen and oxygen atoms in total. The number of hydrogen-bond acceptors (Lipinski definition) is 5. The van der Waals surface area contributed by atoms with Crippen LogP contribution in [0, 0.1) is 0 Å². The molecule has 158 valence electrons. The Labute approximate surface area is 178 Å². The van der Waals surface area contributed by atoms with Crippen LogP contribution < -0.4 is 15.0 Å². The fraction of sp³-hybridized carbons (Fsp3) is 0.292. The molecule has 2 aliphatic rings. The highest BCUT2D eigenvalue weighted by Crippen LogP contribution is 2.38. The van der Waals surface area contributed by atoms with Crippen molar-refractivity contribution in [2.24, 2.45) is 0 Å². The average molecular weight is 418 g/mol. The van der Waals surface area contributed by atoms with E-state index in [0.29, 0.717) is 36.3 Å². The van der Waals surface area contributed by atoms with Gasteiger partial charge < -0.3 is 14.6 Å². The monoisotopic (exact) mass is 418 g/mol. The maximum absolute atomic E-state index is 13.0. The Hall–Kier alpha value is -3.61. The van der Waals surface area contributed by atoms with Crippen molar-refractivity contribution in [1.29, 1.82) is 0 Å². The zero-order valence-electron chi connectivity index (χ0n) is 17.3. The van der Waals surface area contributed by atoms with Crippen LogP contribution in [0.25, 0.3) is 22.6 Å². The molecule has 1 unspecified atom stereocenters. The van der Waals surface area contributed by atoms with Crippen molar-refractivity contribution in [2.75, 3.05) is 6.61 Å². The van der Waals surface area contributed by atoms with Crippen LogP contribution in [-0.2, 0) is 13.0 Å². The van der Waals surface area contributed by atoms with E-state index in [2.05, 4.69) is 4.98 Å². The quantitative estimate of drug-likeness (QED) is 0.694. The molecule has 3 heterocycles. The highest BCUT2D eigenvalue weighted by atomic mass is 16.5. The highest BCUT2D eigenvalue weighted by molar-refractivity contribution is 5.93. The third-order valence-corrected chi connectivity index (χ3v) is 5.75. The first-order valence-corrected chi connectivity index (χ1v) is 10.4. The van der Waals surface area contributed by atoms with Crippen LogP contribution in [0.5, 0.6) is 11.5 Å². The van der Waals surface area contributed by atoms with Gasteiger partial charge in [0, 0.05) is 24.1 Å². The second kappa shape index (κ2) is 7.27. The number of carboxylic acid groups (broad SMARTS) is 1. The fourth-order valence-corrected chi connectivity index (χ4v) is 4.32. The summed E-state index contributed by atoms with van der Waals surface area (Å²) in [4.78, 5) is 29.0. The molecular weight excluding hydrogens is 396 g/mol. The molecule has 3 aromatic rings. The van der Waals surface area contributed by atoms with Crippen molar-refractivity contribution in [3.05, 3.63) is 63.2 Å². The number of carboxylic acids is 1. The number of allylic oxidation sites excluding steroid dienone is 1. The van der Waals surface area contributed by atoms with E-state index in [0.717, 1.165) is 34.6 Å². The highest BCUT2D eigenvalue weighted by Gasteiger charge is 2.24. The maximum Gasteiger partial charge on any atom is 0.335 e. The molecule has 0 amide bonds. The molecular formula is C24H22N2O5. The zero-order chi connectivity index (χ0) is 21.7. The van der Waals surface area contributed by atoms with E-state index in [1.54, 1.807) is 4.57 Å². The van der Waals surface area contributed by atoms with Gasteiger partial charge in [-0.25, -0.2) is 9.78 Å². The predicted octanol–water partition coefficient (Wildman–Crippen LogP) is 3.76. The number of nitrogens with zero attached hydrogens (tertiary/aromatic N) is 2. The van der Waals surface area contributed by atoms with Gasteiger partial charge in [0.05, 0.1) is 23.1 Å². The number of hydrogen-bond donors (Lipinski definition) is 1. The standard InChI is InChI=1S/C24H22N2O5/c1-3-30-20-11-16-8-13(2)31-21(16)12-17(20)9-14-6-7-26-22(14)25-19-10-15(24(28)29)4-5-18(19)23(26)27/h4-5,9-13H,3,6-8H2,1-2H3,(H,28,29)/b14-9+. The van der Waals surface area contributed by atoms with Gasteiger partial charge in [-0.2, -0.15) is 0 Å². The summed E-state index contributed by atoms with van der Waals surface area (Å²) in [6, 6.07) is 8.44. The Balaban J connectivity index is 1.64. The van der Waals surface area contributed by atoms with Crippen LogP contribution in [0.15, 0.2) is 35.1 Å². The van der Waals surface area contributed by atoms with Gasteiger partial charge >= 0.3 is 5.97 Å². The summed E-state index contributed by atoms with van der Waals surface area (Å²) in [6.07, 6.45) is 3.64. The van der Waals surface area contributed by atoms with E-state index < -0.39 is 5.97 Å². The van der Waals surface area contributed by atoms with Gasteiger partial charge in [-0.1, -0.05) is 0 Å². The van der Waals surface area contributed by atoms with Crippen molar-refractivity contribution in [1.82, 2.24) is 9.55 Å². The van der Waals surface area contributed by atoms with Gasteiger partial charge in [0.15, 0.2) is 0 Å². The first kappa shape index (κ1) is 19.4. The molecule has 2 aliphatic heterocycles. The fourth-order valence-electron chi connectivity index (χ4n) is 4.32. The van der Waals surface area contributed by atoms with Crippen LogP contribution in [0.4, 0.5) is 0 Å². The number of aromatic nitrogens is 2. The zero-order valence-corrected chi connectivity index (χ0v) is 17.3. The van der Waals surface area contributed by atoms with E-state index in [1.165, 1.54) is 18.2 Å². The summed E-state index contributed by atoms with van der Waals surface area (Å²) in [5.74, 6) is 1.16. The first-order valence-electron chi connectivity index (χ1n) is 10.4. The molecule has 1 atom stereocenters. The van der Waals surface area contributed by atoms with Gasteiger partial charge in [0.2, 0.25) is 0 Å². The molecule has 5 rings (SSSR count). The molecule has 0 saturated heterocycles. The Bertz CT molecular complexity index is 1320. The van der Waals surface area contributed by atoms with Crippen molar-refractivity contribution >= 4 is 28.5 Å². The molecule has 0 saturated carbocycles. The minimum atomic E-state index is -1.05. The summed E-state index contributed by atoms with van der Waals surface area (Å²) in [5.41, 5.74) is 3.26. The van der Waals surface area contributed by atoms with Gasteiger partial charge in [0.25, 0.3) is 5.56 Å². The smallest absolute Gasteiger partial charge is 0.335 e. The van der Waals surface area contributed by atoms with E-state index in [9.17, 15) is 14.7 Å². The SMILES string of the molecule is CCOc1cc2c(cc1/C=C1\CCn3c1nc1cc(C(=O)O)ccc1c3=O)OC(C)C2. The van der Waals surface area contributed by atoms with E-state index >= 15 is 0 Å². The van der Waals surface area contributed by atoms with Crippen LogP contribution in [0.1, 0.15) is 47.6 Å². The second-order valence-electron chi connectivity index (χ2n) is 7.91. The van der Waals surface area contributed by atoms with E-state index in [1.807, 2.05) is 32.1 Å². The largest absolute Gasteiger partial charge is 0.493 e. The third-order valence-electron chi connectivity index (χ3n) is 5.75. The van der Waals surface area contributed by atoms with Crippen molar-refractivity contribution in [2.45, 2.75) is 39.3 Å². The number of ether oxygens (including phenoxy) is 2. The van der Waals surface area contributed by atoms with E-state index in [-0.39, 0.29) is 17.2 Å². The molecule has 0 radical (unpaired) electrons. The molecule has 1 aromatic heterocycles. The normalized spacial score (nSPS) is 18.1. The van der Waals surface area contributed by atoms with Gasteiger partial charge in [-0.05, 0) is 62.2 Å². The molecule has 0 spiro atoms. The summed E-state index contributed by atoms with van der Waals surface area (Å²) in [5, 5.41) is 9.70. The Morgan fingerprint density at radius 3 is 2.97 bits per heavy atom. The van der Waals surface area contributed by atoms with Crippen molar-refractivity contribution in [3.63, 3.8) is 0 Å². The molecule has 2 aromatic carbocycles. The number of benzene rings is 2. The van der Waals surface area contributed by atoms with Crippen molar-refractivity contribution < 1.29 is 19.4 Å². The lowest BCUT2D eigenvalue weighted by atomic mass is 10.0. The average Bonchev–Trinajstić information content (AvgIpc) is 3.30. The first-order chi connectivity index (χ1) is 14.9. The number of aromatic carboxylic acids is 1. The lowest BCUT2D eigenvalue weighted by Crippen LogP contribution is -2.21. The Morgan fingerprint density at radius 2 is 2.19 bits per heavy atom. The topological polar surface area (TPSA) is 90.7 Å². The maximum atomic E-state index is 13.0. The third kappa shape index (κ3) is 3.26. The van der Waals surface area contributed by atoms with Gasteiger partial charge in [-0.3, -0.25) is 9.36 Å². The predicted molar refractivity (Wildman–Crippen MR) is 117 cm³/mol. The van der Waals surface area contributed by atoms with Gasteiger partial charge in [0.1, 0.15) is 23.4 Å². The summed E-state index contributed by atoms with van der Waals surface area (Å²) in [7, 11) is 0. The summed E-state index contributed by atoms with van der Waals surface area (Å²) < 4.78 is 13.4. The lowest BCUT2D eigenvalue weighted by Gasteiger charge is -2.11. The van der Waals surface area contributed by atoms with Gasteiger partial charge in [-0.15, -0.1) is 0 Å². The molecule has 0 aliphatic carbocycles. The minimum Gasteiger partial charge on any atom is -0.493 e. The van der Waals surface area contributed by atoms with Crippen LogP contribution in [0.3, 0.4) is 0 Å². The Morgan fingerprint density at radius 1 is 1.35 bits per heavy atom. The number of fused-ring (bicyclic) bond motifs is 3.